The van der Waals surface area contributed by atoms with Crippen LogP contribution in [0.1, 0.15) is 51.4 Å². The molecule has 0 amide bonds. The van der Waals surface area contributed by atoms with E-state index in [1.54, 1.807) is 0 Å². The normalized spacial score (nSPS) is 18.6. The zero-order valence-corrected chi connectivity index (χ0v) is 11.8. The van der Waals surface area contributed by atoms with Crippen LogP contribution in [-0.2, 0) is 0 Å². The predicted octanol–water partition coefficient (Wildman–Crippen LogP) is 4.06. The summed E-state index contributed by atoms with van der Waals surface area (Å²) in [5.74, 6) is 1.000. The molecule has 90 valence electrons. The topological polar surface area (TPSA) is 3.24 Å². The van der Waals surface area contributed by atoms with Gasteiger partial charge in [0.2, 0.25) is 0 Å². The molecule has 2 heteroatoms. The average molecular weight is 276 g/mol. The number of nitrogens with zero attached hydrogens (tertiary/aromatic N) is 1. The second-order valence-corrected chi connectivity index (χ2v) is 5.81. The Bertz CT molecular complexity index is 143. The van der Waals surface area contributed by atoms with Crippen molar-refractivity contribution >= 4 is 15.9 Å². The van der Waals surface area contributed by atoms with Gasteiger partial charge in [0.15, 0.2) is 0 Å². The Labute approximate surface area is 104 Å². The van der Waals surface area contributed by atoms with Crippen molar-refractivity contribution in [2.45, 2.75) is 51.4 Å². The first-order chi connectivity index (χ1) is 7.33. The van der Waals surface area contributed by atoms with Gasteiger partial charge < -0.3 is 4.90 Å². The molecule has 0 aromatic heterocycles. The van der Waals surface area contributed by atoms with Crippen LogP contribution >= 0.6 is 15.9 Å². The monoisotopic (exact) mass is 275 g/mol. The largest absolute Gasteiger partial charge is 0.306 e. The van der Waals surface area contributed by atoms with E-state index >= 15 is 0 Å². The minimum Gasteiger partial charge on any atom is -0.306 e. The number of halogens is 1. The van der Waals surface area contributed by atoms with Gasteiger partial charge in [0.1, 0.15) is 0 Å². The van der Waals surface area contributed by atoms with Gasteiger partial charge in [0, 0.05) is 11.9 Å². The lowest BCUT2D eigenvalue weighted by Crippen LogP contribution is -2.27. The molecule has 0 spiro atoms. The first-order valence-electron chi connectivity index (χ1n) is 6.57. The van der Waals surface area contributed by atoms with E-state index < -0.39 is 0 Å². The van der Waals surface area contributed by atoms with E-state index in [1.165, 1.54) is 69.8 Å². The standard InChI is InChI=1S/C13H26BrN/c1-15(11-7-3-6-10-14)12-13-8-4-2-5-9-13/h13H,2-12H2,1H3. The van der Waals surface area contributed by atoms with Crippen LogP contribution in [-0.4, -0.2) is 30.4 Å². The fourth-order valence-corrected chi connectivity index (χ4v) is 2.95. The Morgan fingerprint density at radius 2 is 1.80 bits per heavy atom. The van der Waals surface area contributed by atoms with Crippen molar-refractivity contribution in [3.63, 3.8) is 0 Å². The molecule has 0 unspecified atom stereocenters. The first-order valence-corrected chi connectivity index (χ1v) is 7.69. The van der Waals surface area contributed by atoms with Crippen LogP contribution in [0.15, 0.2) is 0 Å². The lowest BCUT2D eigenvalue weighted by Gasteiger charge is -2.26. The quantitative estimate of drug-likeness (QED) is 0.500. The number of rotatable bonds is 7. The molecule has 15 heavy (non-hydrogen) atoms. The maximum absolute atomic E-state index is 3.48. The Hall–Kier alpha value is 0.440. The third kappa shape index (κ3) is 6.57. The molecule has 0 saturated heterocycles. The summed E-state index contributed by atoms with van der Waals surface area (Å²) >= 11 is 3.48. The molecule has 0 bridgehead atoms. The Kier molecular flexibility index (Phi) is 7.72. The van der Waals surface area contributed by atoms with E-state index in [0.717, 1.165) is 5.92 Å². The molecule has 1 aliphatic carbocycles. The van der Waals surface area contributed by atoms with Crippen LogP contribution in [0.2, 0.25) is 0 Å². The van der Waals surface area contributed by atoms with Gasteiger partial charge in [-0.05, 0) is 45.2 Å². The molecule has 0 aromatic rings. The van der Waals surface area contributed by atoms with Crippen molar-refractivity contribution in [3.05, 3.63) is 0 Å². The Balaban J connectivity index is 1.98. The average Bonchev–Trinajstić information content (AvgIpc) is 2.26. The molecule has 0 N–H and O–H groups in total. The van der Waals surface area contributed by atoms with Crippen LogP contribution in [0.3, 0.4) is 0 Å². The molecule has 0 radical (unpaired) electrons. The van der Waals surface area contributed by atoms with Crippen molar-refractivity contribution in [3.8, 4) is 0 Å². The highest BCUT2D eigenvalue weighted by Gasteiger charge is 2.14. The van der Waals surface area contributed by atoms with E-state index in [9.17, 15) is 0 Å². The van der Waals surface area contributed by atoms with Crippen molar-refractivity contribution in [2.75, 3.05) is 25.5 Å². The summed E-state index contributed by atoms with van der Waals surface area (Å²) in [4.78, 5) is 2.55. The van der Waals surface area contributed by atoms with E-state index in [2.05, 4.69) is 27.9 Å². The molecule has 1 rings (SSSR count). The summed E-state index contributed by atoms with van der Waals surface area (Å²) < 4.78 is 0. The SMILES string of the molecule is CN(CCCCCBr)CC1CCCCC1. The Morgan fingerprint density at radius 3 is 2.47 bits per heavy atom. The van der Waals surface area contributed by atoms with Gasteiger partial charge in [0.25, 0.3) is 0 Å². The fraction of sp³-hybridized carbons (Fsp3) is 1.00. The van der Waals surface area contributed by atoms with Gasteiger partial charge in [0.05, 0.1) is 0 Å². The minimum atomic E-state index is 1.000. The van der Waals surface area contributed by atoms with E-state index in [-0.39, 0.29) is 0 Å². The van der Waals surface area contributed by atoms with Gasteiger partial charge in [-0.15, -0.1) is 0 Å². The minimum absolute atomic E-state index is 1.000. The van der Waals surface area contributed by atoms with Gasteiger partial charge in [-0.2, -0.15) is 0 Å². The second kappa shape index (κ2) is 8.58. The number of alkyl halides is 1. The zero-order chi connectivity index (χ0) is 10.9. The van der Waals surface area contributed by atoms with E-state index in [1.807, 2.05) is 0 Å². The van der Waals surface area contributed by atoms with Gasteiger partial charge >= 0.3 is 0 Å². The van der Waals surface area contributed by atoms with Crippen LogP contribution in [0, 0.1) is 5.92 Å². The van der Waals surface area contributed by atoms with Crippen molar-refractivity contribution in [1.82, 2.24) is 4.90 Å². The fourth-order valence-electron chi connectivity index (χ4n) is 2.55. The summed E-state index contributed by atoms with van der Waals surface area (Å²) in [6, 6.07) is 0. The van der Waals surface area contributed by atoms with Crippen LogP contribution < -0.4 is 0 Å². The van der Waals surface area contributed by atoms with Gasteiger partial charge in [-0.3, -0.25) is 0 Å². The summed E-state index contributed by atoms with van der Waals surface area (Å²) in [5, 5.41) is 1.17. The zero-order valence-electron chi connectivity index (χ0n) is 10.2. The molecular formula is C13H26BrN. The van der Waals surface area contributed by atoms with Crippen LogP contribution in [0.5, 0.6) is 0 Å². The first kappa shape index (κ1) is 13.5. The summed E-state index contributed by atoms with van der Waals surface area (Å²) in [5.41, 5.74) is 0. The maximum atomic E-state index is 3.48. The number of hydrogen-bond acceptors (Lipinski definition) is 1. The smallest absolute Gasteiger partial charge is 0.00313 e. The number of hydrogen-bond donors (Lipinski definition) is 0. The molecule has 0 atom stereocenters. The molecule has 0 heterocycles. The predicted molar refractivity (Wildman–Crippen MR) is 71.7 cm³/mol. The molecule has 1 saturated carbocycles. The van der Waals surface area contributed by atoms with Crippen molar-refractivity contribution in [2.24, 2.45) is 5.92 Å². The molecule has 0 aromatic carbocycles. The second-order valence-electron chi connectivity index (χ2n) is 5.02. The van der Waals surface area contributed by atoms with E-state index in [0.29, 0.717) is 0 Å². The highest BCUT2D eigenvalue weighted by atomic mass is 79.9. The summed E-state index contributed by atoms with van der Waals surface area (Å²) in [7, 11) is 2.29. The van der Waals surface area contributed by atoms with Crippen molar-refractivity contribution < 1.29 is 0 Å². The molecule has 1 nitrogen and oxygen atoms in total. The Morgan fingerprint density at radius 1 is 1.07 bits per heavy atom. The van der Waals surface area contributed by atoms with Crippen molar-refractivity contribution in [1.29, 1.82) is 0 Å². The van der Waals surface area contributed by atoms with Gasteiger partial charge in [-0.25, -0.2) is 0 Å². The van der Waals surface area contributed by atoms with E-state index in [4.69, 9.17) is 0 Å². The van der Waals surface area contributed by atoms with Crippen LogP contribution in [0.25, 0.3) is 0 Å². The third-order valence-electron chi connectivity index (χ3n) is 3.47. The third-order valence-corrected chi connectivity index (χ3v) is 4.03. The molecule has 0 aliphatic heterocycles. The highest BCUT2D eigenvalue weighted by molar-refractivity contribution is 9.09. The maximum Gasteiger partial charge on any atom is 0.00313 e. The highest BCUT2D eigenvalue weighted by Crippen LogP contribution is 2.24. The molecule has 1 fully saturated rings. The summed E-state index contributed by atoms with van der Waals surface area (Å²) in [6.07, 6.45) is 11.5. The molecular weight excluding hydrogens is 250 g/mol. The lowest BCUT2D eigenvalue weighted by molar-refractivity contribution is 0.230. The van der Waals surface area contributed by atoms with Gasteiger partial charge in [-0.1, -0.05) is 41.6 Å². The molecule has 1 aliphatic rings. The lowest BCUT2D eigenvalue weighted by atomic mass is 9.89. The van der Waals surface area contributed by atoms with Crippen LogP contribution in [0.4, 0.5) is 0 Å². The summed E-state index contributed by atoms with van der Waals surface area (Å²) in [6.45, 7) is 2.64. The number of unbranched alkanes of at least 4 members (excludes halogenated alkanes) is 2.